The summed E-state index contributed by atoms with van der Waals surface area (Å²) >= 11 is 0. The average molecular weight is 248 g/mol. The Labute approximate surface area is 106 Å². The van der Waals surface area contributed by atoms with E-state index in [2.05, 4.69) is 15.3 Å². The summed E-state index contributed by atoms with van der Waals surface area (Å²) in [5, 5.41) is 2.98. The molecule has 0 bridgehead atoms. The maximum Gasteiger partial charge on any atom is 0.204 e. The predicted molar refractivity (Wildman–Crippen MR) is 68.9 cm³/mol. The van der Waals surface area contributed by atoms with Crippen molar-refractivity contribution in [3.05, 3.63) is 30.5 Å². The lowest BCUT2D eigenvalue weighted by atomic mass is 10.3. The molecular formula is C12H16N4O2. The van der Waals surface area contributed by atoms with Gasteiger partial charge in [0.05, 0.1) is 19.6 Å². The first-order chi connectivity index (χ1) is 8.76. The first kappa shape index (κ1) is 12.2. The molecule has 0 amide bonds. The lowest BCUT2D eigenvalue weighted by Gasteiger charge is -2.20. The van der Waals surface area contributed by atoms with Gasteiger partial charge in [0.15, 0.2) is 11.6 Å². The van der Waals surface area contributed by atoms with Crippen LogP contribution in [0.25, 0.3) is 0 Å². The Bertz CT molecular complexity index is 499. The Morgan fingerprint density at radius 3 is 2.89 bits per heavy atom. The van der Waals surface area contributed by atoms with Gasteiger partial charge in [-0.25, -0.2) is 9.97 Å². The minimum absolute atomic E-state index is 0.631. The van der Waals surface area contributed by atoms with Crippen molar-refractivity contribution in [2.75, 3.05) is 31.4 Å². The number of furan rings is 1. The van der Waals surface area contributed by atoms with Gasteiger partial charge in [0.2, 0.25) is 5.75 Å². The molecule has 2 heterocycles. The highest BCUT2D eigenvalue weighted by Gasteiger charge is 2.15. The highest BCUT2D eigenvalue weighted by Crippen LogP contribution is 2.31. The fraction of sp³-hybridized carbons (Fsp3) is 0.333. The number of aromatic nitrogens is 2. The monoisotopic (exact) mass is 248 g/mol. The molecule has 96 valence electrons. The molecule has 6 heteroatoms. The van der Waals surface area contributed by atoms with E-state index in [-0.39, 0.29) is 0 Å². The van der Waals surface area contributed by atoms with Gasteiger partial charge in [0, 0.05) is 26.2 Å². The summed E-state index contributed by atoms with van der Waals surface area (Å²) in [6.07, 6.45) is 4.87. The number of rotatable bonds is 5. The van der Waals surface area contributed by atoms with Crippen LogP contribution in [0.4, 0.5) is 11.6 Å². The van der Waals surface area contributed by atoms with Gasteiger partial charge in [0.25, 0.3) is 0 Å². The molecule has 0 saturated carbocycles. The number of nitrogens with one attached hydrogen (secondary N) is 1. The highest BCUT2D eigenvalue weighted by molar-refractivity contribution is 5.64. The Balaban J connectivity index is 2.26. The van der Waals surface area contributed by atoms with E-state index in [1.54, 1.807) is 26.7 Å². The van der Waals surface area contributed by atoms with Crippen LogP contribution < -0.4 is 15.0 Å². The number of nitrogens with zero attached hydrogens (tertiary/aromatic N) is 3. The van der Waals surface area contributed by atoms with Crippen LogP contribution in [0.5, 0.6) is 5.75 Å². The minimum Gasteiger partial charge on any atom is -0.490 e. The van der Waals surface area contributed by atoms with Crippen molar-refractivity contribution >= 4 is 11.6 Å². The summed E-state index contributed by atoms with van der Waals surface area (Å²) in [6.45, 7) is 0.688. The molecule has 2 rings (SSSR count). The maximum atomic E-state index is 5.36. The van der Waals surface area contributed by atoms with Crippen LogP contribution in [0.1, 0.15) is 5.56 Å². The second kappa shape index (κ2) is 5.39. The molecule has 1 N–H and O–H groups in total. The second-order valence-corrected chi connectivity index (χ2v) is 3.82. The standard InChI is InChI=1S/C12H16N4O2/c1-13-11-10(17-3)12(15-8-14-11)16(2)6-9-4-5-18-7-9/h4-5,7-8H,6H2,1-3H3,(H,13,14,15). The van der Waals surface area contributed by atoms with Crippen LogP contribution in [0.15, 0.2) is 29.3 Å². The van der Waals surface area contributed by atoms with Gasteiger partial charge in [-0.3, -0.25) is 0 Å². The van der Waals surface area contributed by atoms with E-state index < -0.39 is 0 Å². The lowest BCUT2D eigenvalue weighted by molar-refractivity contribution is 0.413. The van der Waals surface area contributed by atoms with Gasteiger partial charge in [-0.2, -0.15) is 0 Å². The zero-order valence-corrected chi connectivity index (χ0v) is 10.7. The summed E-state index contributed by atoms with van der Waals surface area (Å²) in [5.41, 5.74) is 1.07. The zero-order valence-electron chi connectivity index (χ0n) is 10.7. The summed E-state index contributed by atoms with van der Waals surface area (Å²) in [4.78, 5) is 10.4. The van der Waals surface area contributed by atoms with E-state index in [9.17, 15) is 0 Å². The summed E-state index contributed by atoms with van der Waals surface area (Å²) in [5.74, 6) is 2.03. The normalized spacial score (nSPS) is 10.2. The molecule has 0 fully saturated rings. The molecule has 0 atom stereocenters. The fourth-order valence-electron chi connectivity index (χ4n) is 1.73. The third-order valence-corrected chi connectivity index (χ3v) is 2.59. The smallest absolute Gasteiger partial charge is 0.204 e. The molecule has 0 radical (unpaired) electrons. The molecule has 0 aromatic carbocycles. The van der Waals surface area contributed by atoms with Crippen molar-refractivity contribution in [1.82, 2.24) is 9.97 Å². The van der Waals surface area contributed by atoms with Gasteiger partial charge in [-0.05, 0) is 6.07 Å². The van der Waals surface area contributed by atoms with Crippen molar-refractivity contribution in [1.29, 1.82) is 0 Å². The van der Waals surface area contributed by atoms with E-state index in [0.29, 0.717) is 18.1 Å². The Kier molecular flexibility index (Phi) is 3.66. The summed E-state index contributed by atoms with van der Waals surface area (Å²) in [6, 6.07) is 1.92. The third-order valence-electron chi connectivity index (χ3n) is 2.59. The van der Waals surface area contributed by atoms with E-state index in [1.165, 1.54) is 6.33 Å². The van der Waals surface area contributed by atoms with Crippen molar-refractivity contribution in [2.45, 2.75) is 6.54 Å². The SMILES string of the molecule is CNc1ncnc(N(C)Cc2ccoc2)c1OC. The van der Waals surface area contributed by atoms with Crippen molar-refractivity contribution < 1.29 is 9.15 Å². The molecule has 0 aliphatic carbocycles. The first-order valence-corrected chi connectivity index (χ1v) is 5.55. The van der Waals surface area contributed by atoms with Gasteiger partial charge in [-0.1, -0.05) is 0 Å². The summed E-state index contributed by atoms with van der Waals surface area (Å²) < 4.78 is 10.4. The van der Waals surface area contributed by atoms with Crippen LogP contribution in [0, 0.1) is 0 Å². The van der Waals surface area contributed by atoms with Crippen LogP contribution in [0.3, 0.4) is 0 Å². The molecule has 0 aliphatic heterocycles. The molecule has 6 nitrogen and oxygen atoms in total. The van der Waals surface area contributed by atoms with Crippen molar-refractivity contribution in [3.8, 4) is 5.75 Å². The number of hydrogen-bond acceptors (Lipinski definition) is 6. The Hall–Kier alpha value is -2.24. The van der Waals surface area contributed by atoms with E-state index in [1.807, 2.05) is 18.0 Å². The van der Waals surface area contributed by atoms with E-state index in [4.69, 9.17) is 9.15 Å². The van der Waals surface area contributed by atoms with Crippen LogP contribution in [-0.2, 0) is 6.54 Å². The molecule has 2 aromatic heterocycles. The van der Waals surface area contributed by atoms with Gasteiger partial charge < -0.3 is 19.4 Å². The van der Waals surface area contributed by atoms with Crippen LogP contribution in [-0.4, -0.2) is 31.2 Å². The summed E-state index contributed by atoms with van der Waals surface area (Å²) in [7, 11) is 5.34. The third kappa shape index (κ3) is 2.37. The van der Waals surface area contributed by atoms with Crippen LogP contribution >= 0.6 is 0 Å². The Morgan fingerprint density at radius 1 is 1.44 bits per heavy atom. The molecule has 2 aromatic rings. The molecule has 0 unspecified atom stereocenters. The van der Waals surface area contributed by atoms with Crippen molar-refractivity contribution in [2.24, 2.45) is 0 Å². The fourth-order valence-corrected chi connectivity index (χ4v) is 1.73. The minimum atomic E-state index is 0.631. The van der Waals surface area contributed by atoms with Gasteiger partial charge >= 0.3 is 0 Å². The molecule has 18 heavy (non-hydrogen) atoms. The maximum absolute atomic E-state index is 5.36. The first-order valence-electron chi connectivity index (χ1n) is 5.55. The number of ether oxygens (including phenoxy) is 1. The average Bonchev–Trinajstić information content (AvgIpc) is 2.90. The van der Waals surface area contributed by atoms with Crippen LogP contribution in [0.2, 0.25) is 0 Å². The van der Waals surface area contributed by atoms with Gasteiger partial charge in [0.1, 0.15) is 6.33 Å². The molecule has 0 spiro atoms. The molecular weight excluding hydrogens is 232 g/mol. The molecule has 0 saturated heterocycles. The van der Waals surface area contributed by atoms with Gasteiger partial charge in [-0.15, -0.1) is 0 Å². The largest absolute Gasteiger partial charge is 0.490 e. The van der Waals surface area contributed by atoms with E-state index in [0.717, 1.165) is 11.4 Å². The van der Waals surface area contributed by atoms with Crippen molar-refractivity contribution in [3.63, 3.8) is 0 Å². The number of methoxy groups -OCH3 is 1. The number of hydrogen-bond donors (Lipinski definition) is 1. The van der Waals surface area contributed by atoms with E-state index >= 15 is 0 Å². The lowest BCUT2D eigenvalue weighted by Crippen LogP contribution is -2.19. The quantitative estimate of drug-likeness (QED) is 0.869. The predicted octanol–water partition coefficient (Wildman–Crippen LogP) is 1.76. The highest BCUT2D eigenvalue weighted by atomic mass is 16.5. The Morgan fingerprint density at radius 2 is 2.28 bits per heavy atom. The number of anilines is 2. The zero-order chi connectivity index (χ0) is 13.0. The second-order valence-electron chi connectivity index (χ2n) is 3.82. The molecule has 0 aliphatic rings. The topological polar surface area (TPSA) is 63.4 Å².